The molecule has 0 bridgehead atoms. The average Bonchev–Trinajstić information content (AvgIpc) is 4.07. The smallest absolute Gasteiger partial charge is 0.163 e. The number of imidazole rings is 1. The zero-order chi connectivity index (χ0) is 52.9. The van der Waals surface area contributed by atoms with Gasteiger partial charge >= 0.3 is 0 Å². The molecule has 0 saturated carbocycles. The van der Waals surface area contributed by atoms with Crippen molar-refractivity contribution >= 4 is 34.0 Å². The van der Waals surface area contributed by atoms with Crippen LogP contribution in [0.15, 0.2) is 157 Å². The first-order chi connectivity index (χ1) is 34.8. The Balaban J connectivity index is 0.00000689. The first kappa shape index (κ1) is 53.3. The van der Waals surface area contributed by atoms with E-state index in [1.165, 1.54) is 33.4 Å². The van der Waals surface area contributed by atoms with E-state index in [-0.39, 0.29) is 59.8 Å². The van der Waals surface area contributed by atoms with Crippen molar-refractivity contribution in [1.29, 1.82) is 0 Å². The van der Waals surface area contributed by atoms with Gasteiger partial charge in [0.05, 0.1) is 16.8 Å². The van der Waals surface area contributed by atoms with Crippen molar-refractivity contribution < 1.29 is 26.2 Å². The number of hydrogen-bond donors (Lipinski definition) is 1. The Bertz CT molecular complexity index is 3680. The molecule has 0 spiro atoms. The molecule has 0 saturated heterocycles. The zero-order valence-electron chi connectivity index (χ0n) is 46.6. The van der Waals surface area contributed by atoms with Crippen LogP contribution in [0.25, 0.3) is 72.8 Å². The van der Waals surface area contributed by atoms with E-state index >= 15 is 0 Å². The number of phenols is 1. The second-order valence-corrected chi connectivity index (χ2v) is 25.8. The van der Waals surface area contributed by atoms with E-state index in [9.17, 15) is 5.11 Å². The largest absolute Gasteiger partial charge is 0.507 e. The Morgan fingerprint density at radius 3 is 1.64 bits per heavy atom. The third kappa shape index (κ3) is 10.1. The van der Waals surface area contributed by atoms with Gasteiger partial charge in [0.2, 0.25) is 0 Å². The van der Waals surface area contributed by atoms with Crippen LogP contribution in [0.5, 0.6) is 5.75 Å². The van der Waals surface area contributed by atoms with Crippen LogP contribution in [0.1, 0.15) is 149 Å². The fourth-order valence-corrected chi connectivity index (χ4v) is 10.5. The molecule has 1 atom stereocenters. The number of hydrogen-bond acceptors (Lipinski definition) is 3. The molecular weight excluding hydrogens is 1100 g/mol. The summed E-state index contributed by atoms with van der Waals surface area (Å²) in [5.74, 6) is 0.893. The number of aromatic hydroxyl groups is 1. The second kappa shape index (κ2) is 19.2. The van der Waals surface area contributed by atoms with Gasteiger partial charge in [-0.15, -0.1) is 29.3 Å². The van der Waals surface area contributed by atoms with Gasteiger partial charge in [-0.25, -0.2) is 4.98 Å². The summed E-state index contributed by atoms with van der Waals surface area (Å²) in [6.07, 6.45) is 4.41. The summed E-state index contributed by atoms with van der Waals surface area (Å²) in [4.78, 5) is 11.0. The predicted octanol–water partition coefficient (Wildman–Crippen LogP) is 18.2. The molecule has 5 nitrogen and oxygen atoms in total. The van der Waals surface area contributed by atoms with Crippen molar-refractivity contribution in [2.45, 2.75) is 137 Å². The van der Waals surface area contributed by atoms with Crippen LogP contribution in [0.3, 0.4) is 0 Å². The van der Waals surface area contributed by atoms with E-state index in [1.807, 2.05) is 0 Å². The summed E-state index contributed by atoms with van der Waals surface area (Å²) >= 11 is 0. The predicted molar refractivity (Wildman–Crippen MR) is 314 cm³/mol. The fraction of sp³-hybridized carbons (Fsp3) is 0.304. The van der Waals surface area contributed by atoms with Crippen LogP contribution in [-0.2, 0) is 48.1 Å². The van der Waals surface area contributed by atoms with E-state index in [4.69, 9.17) is 9.98 Å². The fourth-order valence-electron chi connectivity index (χ4n) is 10.5. The Morgan fingerprint density at radius 1 is 0.507 bits per heavy atom. The maximum atomic E-state index is 12.8. The van der Waals surface area contributed by atoms with Gasteiger partial charge in [-0.1, -0.05) is 219 Å². The van der Waals surface area contributed by atoms with Gasteiger partial charge in [0.25, 0.3) is 0 Å². The molecule has 1 aliphatic heterocycles. The number of benzene rings is 7. The van der Waals surface area contributed by atoms with Gasteiger partial charge in [0.1, 0.15) is 11.3 Å². The van der Waals surface area contributed by atoms with E-state index < -0.39 is 0 Å². The van der Waals surface area contributed by atoms with Crippen LogP contribution in [0.4, 0.5) is 0 Å². The van der Waals surface area contributed by atoms with Crippen molar-refractivity contribution in [2.75, 3.05) is 0 Å². The third-order valence-electron chi connectivity index (χ3n) is 15.0. The van der Waals surface area contributed by atoms with Crippen molar-refractivity contribution in [1.82, 2.24) is 14.1 Å². The topological polar surface area (TPSA) is 55.3 Å². The Labute approximate surface area is 460 Å². The minimum absolute atomic E-state index is 0. The van der Waals surface area contributed by atoms with Crippen LogP contribution in [-0.4, -0.2) is 25.4 Å². The average molecular weight is 1170 g/mol. The molecule has 10 rings (SSSR count). The van der Waals surface area contributed by atoms with Crippen molar-refractivity contribution in [3.8, 4) is 50.8 Å². The summed E-state index contributed by atoms with van der Waals surface area (Å²) < 4.78 is 4.62. The molecule has 0 aliphatic carbocycles. The minimum atomic E-state index is -0.351. The van der Waals surface area contributed by atoms with E-state index in [0.29, 0.717) is 11.4 Å². The number of nitrogens with zero attached hydrogens (tertiary/aromatic N) is 4. The molecule has 1 unspecified atom stereocenters. The molecular formula is C69H73N4OPt-. The van der Waals surface area contributed by atoms with Gasteiger partial charge in [-0.05, 0) is 102 Å². The number of aliphatic imine (C=N–C) groups is 1. The number of phenolic OH excluding ortho intramolecular Hbond substituents is 1. The molecule has 9 aromatic rings. The van der Waals surface area contributed by atoms with Gasteiger partial charge in [0.15, 0.2) is 11.5 Å². The number of aromatic nitrogens is 3. The van der Waals surface area contributed by atoms with Crippen LogP contribution in [0.2, 0.25) is 0 Å². The quantitative estimate of drug-likeness (QED) is 0.162. The molecule has 0 amide bonds. The summed E-state index contributed by atoms with van der Waals surface area (Å²) in [5.41, 5.74) is 17.8. The van der Waals surface area contributed by atoms with Gasteiger partial charge < -0.3 is 14.7 Å². The van der Waals surface area contributed by atoms with Crippen molar-refractivity contribution in [3.05, 3.63) is 197 Å². The molecule has 75 heavy (non-hydrogen) atoms. The summed E-state index contributed by atoms with van der Waals surface area (Å²) in [5, 5.41) is 13.8. The normalized spacial score (nSPS) is 14.4. The van der Waals surface area contributed by atoms with Crippen molar-refractivity contribution in [2.24, 2.45) is 4.99 Å². The molecule has 1 aliphatic rings. The number of allylic oxidation sites excluding steroid dienone is 1. The van der Waals surface area contributed by atoms with Gasteiger partial charge in [-0.3, -0.25) is 4.57 Å². The second-order valence-electron chi connectivity index (χ2n) is 25.8. The summed E-state index contributed by atoms with van der Waals surface area (Å²) in [7, 11) is 0. The molecule has 2 aromatic heterocycles. The summed E-state index contributed by atoms with van der Waals surface area (Å²) in [6, 6.07) is 56.8. The molecule has 386 valence electrons. The number of rotatable bonds is 7. The van der Waals surface area contributed by atoms with Gasteiger partial charge in [0, 0.05) is 49.7 Å². The monoisotopic (exact) mass is 1170 g/mol. The van der Waals surface area contributed by atoms with Crippen molar-refractivity contribution in [3.63, 3.8) is 0 Å². The third-order valence-corrected chi connectivity index (χ3v) is 15.0. The molecule has 3 heterocycles. The molecule has 0 fully saturated rings. The van der Waals surface area contributed by atoms with E-state index in [1.54, 1.807) is 0 Å². The maximum Gasteiger partial charge on any atom is 0.163 e. The SMILES string of the molecule is CC(C)(C)c1cc(C2=CC(c3ccc(C(C)(C)C)cc3-c3ccccc3)C=N2)[c-]c(-n2c3ccccc3c3c2nc(-c2cc(C(C)(C)C)cc(C(C)(C)C)c2O)n3-c2ccc(C(C)(C)C)cc2-c2ccccc2)c1.[Pt]. The Kier molecular flexibility index (Phi) is 13.7. The standard InChI is InChI=1S/C69H73N4O.Pt/c1-65(2,3)47-30-32-52(54(38-47)43-24-18-16-19-25-43)46-36-58(70-42-46)45-34-49(67(7,8)9)37-51(35-45)72-59-29-23-22-28-53(59)61-64(72)71-63(56-40-50(68(10,11)12)41-57(62(56)74)69(13,14)15)73(61)60-33-31-48(66(4,5)6)39-55(60)44-26-20-17-21-27-44;/h16-34,36-42,46,74H,1-15H3;/q-1;. The van der Waals surface area contributed by atoms with Crippen LogP contribution < -0.4 is 0 Å². The van der Waals surface area contributed by atoms with Gasteiger partial charge in [-0.2, -0.15) is 0 Å². The van der Waals surface area contributed by atoms with Crippen LogP contribution >= 0.6 is 0 Å². The van der Waals surface area contributed by atoms with E-state index in [2.05, 4.69) is 277 Å². The summed E-state index contributed by atoms with van der Waals surface area (Å²) in [6.45, 7) is 33.7. The Morgan fingerprint density at radius 2 is 1.04 bits per heavy atom. The molecule has 6 heteroatoms. The first-order valence-corrected chi connectivity index (χ1v) is 26.4. The minimum Gasteiger partial charge on any atom is -0.507 e. The molecule has 7 aromatic carbocycles. The zero-order valence-corrected chi connectivity index (χ0v) is 48.9. The van der Waals surface area contributed by atoms with Crippen LogP contribution in [0, 0.1) is 6.07 Å². The molecule has 1 N–H and O–H groups in total. The first-order valence-electron chi connectivity index (χ1n) is 26.4. The molecule has 0 radical (unpaired) electrons. The maximum absolute atomic E-state index is 12.8. The number of fused-ring (bicyclic) bond motifs is 3. The Hall–Kier alpha value is -6.55. The van der Waals surface area contributed by atoms with E-state index in [0.717, 1.165) is 67.0 Å². The number of para-hydroxylation sites is 1.